The molecule has 0 rings (SSSR count). The Hall–Kier alpha value is -2.81. The molecule has 1 atom stereocenters. The van der Waals surface area contributed by atoms with E-state index in [1.807, 2.05) is 20.8 Å². The number of hydrogen-bond acceptors (Lipinski definition) is 6. The second-order valence-electron chi connectivity index (χ2n) is 11.0. The number of aliphatic carboxylic acids is 1. The van der Waals surface area contributed by atoms with Crippen molar-refractivity contribution in [3.63, 3.8) is 0 Å². The summed E-state index contributed by atoms with van der Waals surface area (Å²) in [5.41, 5.74) is 7.76. The lowest BCUT2D eigenvalue weighted by atomic mass is 9.94. The van der Waals surface area contributed by atoms with Gasteiger partial charge >= 0.3 is 12.1 Å². The summed E-state index contributed by atoms with van der Waals surface area (Å²) in [6, 6.07) is 0. The first-order valence-electron chi connectivity index (χ1n) is 14.5. The van der Waals surface area contributed by atoms with Crippen molar-refractivity contribution in [1.29, 1.82) is 0 Å². The van der Waals surface area contributed by atoms with Gasteiger partial charge < -0.3 is 20.5 Å². The Morgan fingerprint density at radius 2 is 1.38 bits per heavy atom. The molecule has 0 fully saturated rings. The fourth-order valence-corrected chi connectivity index (χ4v) is 4.05. The minimum Gasteiger partial charge on any atom is -0.481 e. The largest absolute Gasteiger partial charge is 0.481 e. The monoisotopic (exact) mass is 553 g/mol. The normalized spacial score (nSPS) is 11.8. The number of alkyl carbamates (subject to hydrolysis) is 1. The Bertz CT molecular complexity index is 762. The first-order chi connectivity index (χ1) is 18.5. The van der Waals surface area contributed by atoms with Crippen molar-refractivity contribution in [2.75, 3.05) is 19.6 Å². The Balaban J connectivity index is 3.65. The Labute approximate surface area is 233 Å². The molecular formula is C28H51N5O6. The number of unbranched alkanes of at least 4 members (excludes halogenated alkanes) is 9. The smallest absolute Gasteiger partial charge is 0.407 e. The lowest BCUT2D eigenvalue weighted by molar-refractivity contribution is -0.144. The van der Waals surface area contributed by atoms with Crippen LogP contribution in [0.4, 0.5) is 4.79 Å². The van der Waals surface area contributed by atoms with Crippen LogP contribution >= 0.6 is 0 Å². The first-order valence-corrected chi connectivity index (χ1v) is 14.5. The van der Waals surface area contributed by atoms with Gasteiger partial charge in [-0.15, -0.1) is 0 Å². The molecule has 0 aromatic heterocycles. The number of carboxylic acids is 1. The highest BCUT2D eigenvalue weighted by Crippen LogP contribution is 2.16. The number of ketones is 1. The first kappa shape index (κ1) is 36.2. The number of carboxylic acid groups (broad SMARTS) is 1. The third-order valence-electron chi connectivity index (χ3n) is 6.15. The van der Waals surface area contributed by atoms with Gasteiger partial charge in [0.2, 0.25) is 5.91 Å². The van der Waals surface area contributed by atoms with Crippen molar-refractivity contribution in [2.45, 2.75) is 129 Å². The van der Waals surface area contributed by atoms with E-state index in [0.717, 1.165) is 51.4 Å². The van der Waals surface area contributed by atoms with E-state index in [2.05, 4.69) is 20.7 Å². The molecule has 39 heavy (non-hydrogen) atoms. The van der Waals surface area contributed by atoms with Crippen LogP contribution in [-0.4, -0.2) is 54.1 Å². The summed E-state index contributed by atoms with van der Waals surface area (Å²) in [5, 5.41) is 18.5. The Morgan fingerprint density at radius 3 is 2.00 bits per heavy atom. The molecule has 0 spiro atoms. The molecule has 0 radical (unpaired) electrons. The van der Waals surface area contributed by atoms with E-state index < -0.39 is 17.5 Å². The van der Waals surface area contributed by atoms with E-state index in [0.29, 0.717) is 64.6 Å². The molecule has 0 aromatic rings. The van der Waals surface area contributed by atoms with Crippen LogP contribution in [0.25, 0.3) is 10.4 Å². The van der Waals surface area contributed by atoms with Crippen LogP contribution in [0.3, 0.4) is 0 Å². The molecule has 0 saturated carbocycles. The maximum Gasteiger partial charge on any atom is 0.407 e. The minimum atomic E-state index is -0.961. The molecule has 3 N–H and O–H groups in total. The van der Waals surface area contributed by atoms with E-state index in [4.69, 9.17) is 10.3 Å². The van der Waals surface area contributed by atoms with Gasteiger partial charge in [0.05, 0.1) is 5.92 Å². The molecule has 0 aliphatic rings. The molecule has 2 amide bonds. The van der Waals surface area contributed by atoms with Crippen molar-refractivity contribution in [3.8, 4) is 0 Å². The number of nitrogens with one attached hydrogen (secondary N) is 2. The van der Waals surface area contributed by atoms with Gasteiger partial charge in [0.1, 0.15) is 11.4 Å². The molecule has 11 nitrogen and oxygen atoms in total. The number of carbonyl (C=O) groups excluding carboxylic acids is 3. The highest BCUT2D eigenvalue weighted by Gasteiger charge is 2.20. The fourth-order valence-electron chi connectivity index (χ4n) is 4.05. The number of nitrogens with zero attached hydrogens (tertiary/aromatic N) is 3. The van der Waals surface area contributed by atoms with Crippen LogP contribution in [0.5, 0.6) is 0 Å². The summed E-state index contributed by atoms with van der Waals surface area (Å²) in [4.78, 5) is 49.7. The molecule has 11 heteroatoms. The maximum absolute atomic E-state index is 12.0. The van der Waals surface area contributed by atoms with Crippen LogP contribution in [-0.2, 0) is 19.1 Å². The number of ether oxygens (including phenoxy) is 1. The maximum atomic E-state index is 12.0. The van der Waals surface area contributed by atoms with Gasteiger partial charge in [0, 0.05) is 43.8 Å². The fraction of sp³-hybridized carbons (Fsp3) is 0.857. The molecule has 0 aromatic carbocycles. The molecule has 224 valence electrons. The Morgan fingerprint density at radius 1 is 0.821 bits per heavy atom. The molecule has 0 aliphatic carbocycles. The third kappa shape index (κ3) is 25.2. The zero-order valence-electron chi connectivity index (χ0n) is 24.3. The lowest BCUT2D eigenvalue weighted by Crippen LogP contribution is -2.32. The van der Waals surface area contributed by atoms with Gasteiger partial charge in [-0.2, -0.15) is 0 Å². The summed E-state index contributed by atoms with van der Waals surface area (Å²) in [6.07, 6.45) is 11.8. The predicted octanol–water partition coefficient (Wildman–Crippen LogP) is 6.45. The van der Waals surface area contributed by atoms with Gasteiger partial charge in [0.25, 0.3) is 0 Å². The van der Waals surface area contributed by atoms with Gasteiger partial charge in [-0.05, 0) is 64.8 Å². The van der Waals surface area contributed by atoms with Crippen molar-refractivity contribution in [3.05, 3.63) is 10.4 Å². The summed E-state index contributed by atoms with van der Waals surface area (Å²) < 4.78 is 5.20. The predicted molar refractivity (Wildman–Crippen MR) is 151 cm³/mol. The van der Waals surface area contributed by atoms with Gasteiger partial charge in [-0.3, -0.25) is 14.4 Å². The van der Waals surface area contributed by atoms with E-state index in [1.54, 1.807) is 0 Å². The van der Waals surface area contributed by atoms with Crippen LogP contribution in [0.1, 0.15) is 124 Å². The average Bonchev–Trinajstić information content (AvgIpc) is 2.85. The summed E-state index contributed by atoms with van der Waals surface area (Å²) >= 11 is 0. The van der Waals surface area contributed by atoms with Gasteiger partial charge in [-0.1, -0.05) is 50.1 Å². The molecule has 0 unspecified atom stereocenters. The molecule has 0 bridgehead atoms. The highest BCUT2D eigenvalue weighted by atomic mass is 16.6. The number of hydrogen-bond donors (Lipinski definition) is 3. The number of Topliss-reactive ketones (excluding diaryl/α,β-unsaturated/α-hetero) is 1. The second kappa shape index (κ2) is 23.1. The zero-order valence-corrected chi connectivity index (χ0v) is 24.3. The van der Waals surface area contributed by atoms with Gasteiger partial charge in [-0.25, -0.2) is 4.79 Å². The average molecular weight is 554 g/mol. The standard InChI is InChI=1S/C28H51N5O6/c1-28(2,3)39-27(38)31-20-13-9-7-5-4-6-8-10-18-25(35)30-19-14-11-16-23(26(36)37)22-24(34)17-12-15-21-32-33-29/h23H,4-22H2,1-3H3,(H,30,35)(H,31,38)(H,36,37)/t23-/m1/s1. The van der Waals surface area contributed by atoms with E-state index in [1.165, 1.54) is 0 Å². The van der Waals surface area contributed by atoms with Crippen molar-refractivity contribution >= 4 is 23.8 Å². The molecule has 0 saturated heterocycles. The van der Waals surface area contributed by atoms with E-state index in [9.17, 15) is 24.3 Å². The van der Waals surface area contributed by atoms with Crippen molar-refractivity contribution < 1.29 is 29.0 Å². The van der Waals surface area contributed by atoms with E-state index >= 15 is 0 Å². The van der Waals surface area contributed by atoms with Crippen molar-refractivity contribution in [2.24, 2.45) is 11.0 Å². The SMILES string of the molecule is CC(C)(C)OC(=O)NCCCCCCCCCCC(=O)NCCCC[C@H](CC(=O)CCCCN=[N+]=[N-])C(=O)O. The number of azide groups is 1. The molecular weight excluding hydrogens is 502 g/mol. The van der Waals surface area contributed by atoms with Crippen LogP contribution in [0.2, 0.25) is 0 Å². The second-order valence-corrected chi connectivity index (χ2v) is 11.0. The third-order valence-corrected chi connectivity index (χ3v) is 6.15. The zero-order chi connectivity index (χ0) is 29.4. The molecule has 0 aliphatic heterocycles. The van der Waals surface area contributed by atoms with Crippen molar-refractivity contribution in [1.82, 2.24) is 10.6 Å². The van der Waals surface area contributed by atoms with Crippen LogP contribution in [0.15, 0.2) is 5.11 Å². The summed E-state index contributed by atoms with van der Waals surface area (Å²) in [5.74, 6) is -1.71. The minimum absolute atomic E-state index is 0.0223. The van der Waals surface area contributed by atoms with E-state index in [-0.39, 0.29) is 24.2 Å². The number of amides is 2. The summed E-state index contributed by atoms with van der Waals surface area (Å²) in [6.45, 7) is 7.02. The highest BCUT2D eigenvalue weighted by molar-refractivity contribution is 5.83. The summed E-state index contributed by atoms with van der Waals surface area (Å²) in [7, 11) is 0. The van der Waals surface area contributed by atoms with Crippen LogP contribution < -0.4 is 10.6 Å². The quantitative estimate of drug-likeness (QED) is 0.0536. The number of carbonyl (C=O) groups is 4. The van der Waals surface area contributed by atoms with Crippen LogP contribution in [0, 0.1) is 5.92 Å². The Kier molecular flexibility index (Phi) is 21.4. The lowest BCUT2D eigenvalue weighted by Gasteiger charge is -2.19. The van der Waals surface area contributed by atoms with Gasteiger partial charge in [0.15, 0.2) is 0 Å². The topological polar surface area (TPSA) is 171 Å². The molecule has 0 heterocycles. The number of rotatable bonds is 24.